The lowest BCUT2D eigenvalue weighted by Gasteiger charge is -2.35. The van der Waals surface area contributed by atoms with E-state index in [1.165, 1.54) is 12.0 Å². The van der Waals surface area contributed by atoms with Crippen molar-refractivity contribution in [3.8, 4) is 0 Å². The SMILES string of the molecule is Cc1[nH]c2ccccc2c1C(=O)C(=O)NCC1CCCCN1Cc1ccccc1. The number of amides is 1. The molecule has 1 fully saturated rings. The number of para-hydroxylation sites is 1. The summed E-state index contributed by atoms with van der Waals surface area (Å²) in [5.41, 5.74) is 3.36. The van der Waals surface area contributed by atoms with Gasteiger partial charge in [-0.3, -0.25) is 14.5 Å². The molecule has 1 saturated heterocycles. The second kappa shape index (κ2) is 8.62. The molecule has 4 rings (SSSR count). The van der Waals surface area contributed by atoms with Gasteiger partial charge in [-0.05, 0) is 37.9 Å². The first-order valence-electron chi connectivity index (χ1n) is 10.3. The van der Waals surface area contributed by atoms with Gasteiger partial charge < -0.3 is 10.3 Å². The van der Waals surface area contributed by atoms with Crippen molar-refractivity contribution in [3.63, 3.8) is 0 Å². The number of nitrogens with one attached hydrogen (secondary N) is 2. The van der Waals surface area contributed by atoms with Crippen LogP contribution in [0.3, 0.4) is 0 Å². The highest BCUT2D eigenvalue weighted by atomic mass is 16.2. The molecule has 1 aromatic heterocycles. The molecule has 29 heavy (non-hydrogen) atoms. The van der Waals surface area contributed by atoms with Crippen LogP contribution in [0.15, 0.2) is 54.6 Å². The molecule has 2 heterocycles. The van der Waals surface area contributed by atoms with Crippen molar-refractivity contribution in [2.45, 2.75) is 38.8 Å². The van der Waals surface area contributed by atoms with Crippen LogP contribution in [0, 0.1) is 6.92 Å². The van der Waals surface area contributed by atoms with Crippen molar-refractivity contribution in [1.29, 1.82) is 0 Å². The Kier molecular flexibility index (Phi) is 5.76. The minimum atomic E-state index is -0.525. The van der Waals surface area contributed by atoms with E-state index >= 15 is 0 Å². The molecule has 1 unspecified atom stereocenters. The number of aromatic nitrogens is 1. The summed E-state index contributed by atoms with van der Waals surface area (Å²) >= 11 is 0. The fourth-order valence-electron chi connectivity index (χ4n) is 4.29. The molecule has 5 nitrogen and oxygen atoms in total. The predicted octanol–water partition coefficient (Wildman–Crippen LogP) is 3.83. The number of hydrogen-bond donors (Lipinski definition) is 2. The summed E-state index contributed by atoms with van der Waals surface area (Å²) in [4.78, 5) is 31.1. The van der Waals surface area contributed by atoms with Gasteiger partial charge in [0.15, 0.2) is 0 Å². The number of likely N-dealkylation sites (tertiary alicyclic amines) is 1. The molecule has 5 heteroatoms. The highest BCUT2D eigenvalue weighted by Gasteiger charge is 2.26. The average molecular weight is 389 g/mol. The van der Waals surface area contributed by atoms with E-state index < -0.39 is 11.7 Å². The van der Waals surface area contributed by atoms with Gasteiger partial charge in [0, 0.05) is 35.7 Å². The molecule has 0 spiro atoms. The standard InChI is InChI=1S/C24H27N3O2/c1-17-22(20-12-5-6-13-21(20)26-17)23(28)24(29)25-15-19-11-7-8-14-27(19)16-18-9-3-2-4-10-18/h2-6,9-10,12-13,19,26H,7-8,11,14-16H2,1H3,(H,25,29). The van der Waals surface area contributed by atoms with E-state index in [0.29, 0.717) is 12.1 Å². The van der Waals surface area contributed by atoms with Crippen LogP contribution in [-0.4, -0.2) is 40.7 Å². The Balaban J connectivity index is 1.42. The summed E-state index contributed by atoms with van der Waals surface area (Å²) in [6, 6.07) is 18.2. The Morgan fingerprint density at radius 3 is 2.66 bits per heavy atom. The number of fused-ring (bicyclic) bond motifs is 1. The lowest BCUT2D eigenvalue weighted by molar-refractivity contribution is -0.117. The summed E-state index contributed by atoms with van der Waals surface area (Å²) in [6.45, 7) is 4.23. The minimum absolute atomic E-state index is 0.254. The second-order valence-electron chi connectivity index (χ2n) is 7.82. The summed E-state index contributed by atoms with van der Waals surface area (Å²) in [5, 5.41) is 3.70. The first-order valence-corrected chi connectivity index (χ1v) is 10.3. The van der Waals surface area contributed by atoms with Crippen LogP contribution in [0.4, 0.5) is 0 Å². The number of aryl methyl sites for hydroxylation is 1. The Morgan fingerprint density at radius 1 is 1.07 bits per heavy atom. The van der Waals surface area contributed by atoms with Crippen LogP contribution in [0.25, 0.3) is 10.9 Å². The van der Waals surface area contributed by atoms with E-state index in [2.05, 4.69) is 39.5 Å². The maximum Gasteiger partial charge on any atom is 0.292 e. The van der Waals surface area contributed by atoms with Crippen LogP contribution in [0.5, 0.6) is 0 Å². The van der Waals surface area contributed by atoms with Crippen molar-refractivity contribution < 1.29 is 9.59 Å². The number of piperidine rings is 1. The summed E-state index contributed by atoms with van der Waals surface area (Å²) < 4.78 is 0. The van der Waals surface area contributed by atoms with Gasteiger partial charge in [0.2, 0.25) is 0 Å². The molecule has 2 N–H and O–H groups in total. The van der Waals surface area contributed by atoms with E-state index in [-0.39, 0.29) is 6.04 Å². The van der Waals surface area contributed by atoms with Gasteiger partial charge in [0.25, 0.3) is 11.7 Å². The van der Waals surface area contributed by atoms with E-state index in [1.807, 2.05) is 37.3 Å². The van der Waals surface area contributed by atoms with E-state index in [9.17, 15) is 9.59 Å². The fourth-order valence-corrected chi connectivity index (χ4v) is 4.29. The van der Waals surface area contributed by atoms with Crippen molar-refractivity contribution in [1.82, 2.24) is 15.2 Å². The molecular weight excluding hydrogens is 362 g/mol. The number of Topliss-reactive ketones (excluding diaryl/α,β-unsaturated/α-hetero) is 1. The smallest absolute Gasteiger partial charge is 0.292 e. The number of H-pyrrole nitrogens is 1. The third kappa shape index (κ3) is 4.25. The van der Waals surface area contributed by atoms with Crippen LogP contribution in [0.1, 0.15) is 40.9 Å². The van der Waals surface area contributed by atoms with E-state index in [4.69, 9.17) is 0 Å². The number of ketones is 1. The van der Waals surface area contributed by atoms with Crippen molar-refractivity contribution >= 4 is 22.6 Å². The number of carbonyl (C=O) groups excluding carboxylic acids is 2. The Hall–Kier alpha value is -2.92. The zero-order chi connectivity index (χ0) is 20.2. The Labute approximate surface area is 171 Å². The molecular formula is C24H27N3O2. The molecule has 1 amide bonds. The molecule has 150 valence electrons. The molecule has 0 aliphatic carbocycles. The van der Waals surface area contributed by atoms with Crippen LogP contribution in [-0.2, 0) is 11.3 Å². The first kappa shape index (κ1) is 19.4. The summed E-state index contributed by atoms with van der Waals surface area (Å²) in [6.07, 6.45) is 3.36. The zero-order valence-electron chi connectivity index (χ0n) is 16.8. The largest absolute Gasteiger partial charge is 0.358 e. The van der Waals surface area contributed by atoms with Gasteiger partial charge in [0.05, 0.1) is 5.56 Å². The molecule has 0 saturated carbocycles. The molecule has 2 aromatic carbocycles. The van der Waals surface area contributed by atoms with Gasteiger partial charge in [-0.2, -0.15) is 0 Å². The molecule has 3 aromatic rings. The van der Waals surface area contributed by atoms with Gasteiger partial charge >= 0.3 is 0 Å². The topological polar surface area (TPSA) is 65.2 Å². The zero-order valence-corrected chi connectivity index (χ0v) is 16.8. The Morgan fingerprint density at radius 2 is 1.83 bits per heavy atom. The predicted molar refractivity (Wildman–Crippen MR) is 115 cm³/mol. The van der Waals surface area contributed by atoms with Gasteiger partial charge in [-0.25, -0.2) is 0 Å². The van der Waals surface area contributed by atoms with Gasteiger partial charge in [-0.15, -0.1) is 0 Å². The maximum absolute atomic E-state index is 12.8. The lowest BCUT2D eigenvalue weighted by Crippen LogP contribution is -2.47. The molecule has 0 bridgehead atoms. The third-order valence-corrected chi connectivity index (χ3v) is 5.80. The lowest BCUT2D eigenvalue weighted by atomic mass is 10.0. The van der Waals surface area contributed by atoms with Crippen molar-refractivity contribution in [2.24, 2.45) is 0 Å². The minimum Gasteiger partial charge on any atom is -0.358 e. The van der Waals surface area contributed by atoms with E-state index in [1.54, 1.807) is 0 Å². The number of aromatic amines is 1. The third-order valence-electron chi connectivity index (χ3n) is 5.80. The number of rotatable bonds is 6. The number of hydrogen-bond acceptors (Lipinski definition) is 3. The summed E-state index contributed by atoms with van der Waals surface area (Å²) in [5.74, 6) is -0.992. The quantitative estimate of drug-likeness (QED) is 0.497. The van der Waals surface area contributed by atoms with Crippen molar-refractivity contribution in [2.75, 3.05) is 13.1 Å². The van der Waals surface area contributed by atoms with E-state index in [0.717, 1.165) is 42.5 Å². The molecule has 1 aliphatic rings. The highest BCUT2D eigenvalue weighted by molar-refractivity contribution is 6.45. The normalized spacial score (nSPS) is 17.3. The maximum atomic E-state index is 12.8. The van der Waals surface area contributed by atoms with Gasteiger partial charge in [-0.1, -0.05) is 55.0 Å². The first-order chi connectivity index (χ1) is 14.1. The van der Waals surface area contributed by atoms with Crippen LogP contribution < -0.4 is 5.32 Å². The van der Waals surface area contributed by atoms with Gasteiger partial charge in [0.1, 0.15) is 0 Å². The monoisotopic (exact) mass is 389 g/mol. The Bertz CT molecular complexity index is 1010. The molecule has 1 aliphatic heterocycles. The number of nitrogens with zero attached hydrogens (tertiary/aromatic N) is 1. The number of benzene rings is 2. The fraction of sp³-hybridized carbons (Fsp3) is 0.333. The molecule has 0 radical (unpaired) electrons. The number of carbonyl (C=O) groups is 2. The van der Waals surface area contributed by atoms with Crippen LogP contribution in [0.2, 0.25) is 0 Å². The highest BCUT2D eigenvalue weighted by Crippen LogP contribution is 2.23. The average Bonchev–Trinajstić information content (AvgIpc) is 3.08. The molecule has 1 atom stereocenters. The van der Waals surface area contributed by atoms with Crippen molar-refractivity contribution in [3.05, 3.63) is 71.4 Å². The second-order valence-corrected chi connectivity index (χ2v) is 7.82. The van der Waals surface area contributed by atoms with Crippen LogP contribution >= 0.6 is 0 Å². The summed E-state index contributed by atoms with van der Waals surface area (Å²) in [7, 11) is 0.